The molecule has 2 aromatic carbocycles. The van der Waals surface area contributed by atoms with Gasteiger partial charge in [-0.15, -0.1) is 11.3 Å². The van der Waals surface area contributed by atoms with Gasteiger partial charge in [0, 0.05) is 23.2 Å². The number of benzene rings is 2. The van der Waals surface area contributed by atoms with Crippen molar-refractivity contribution in [3.05, 3.63) is 104 Å². The first-order valence-electron chi connectivity index (χ1n) is 11.3. The summed E-state index contributed by atoms with van der Waals surface area (Å²) in [5, 5.41) is 5.07. The molecule has 1 aliphatic carbocycles. The number of aryl methyl sites for hydroxylation is 2. The second kappa shape index (κ2) is 9.61. The van der Waals surface area contributed by atoms with Crippen LogP contribution in [0.2, 0.25) is 0 Å². The molecule has 0 aliphatic heterocycles. The van der Waals surface area contributed by atoms with Crippen LogP contribution in [-0.2, 0) is 30.7 Å². The first-order chi connectivity index (χ1) is 16.6. The van der Waals surface area contributed by atoms with Gasteiger partial charge in [0.05, 0.1) is 12.2 Å². The van der Waals surface area contributed by atoms with E-state index in [1.165, 1.54) is 52.1 Å². The zero-order chi connectivity index (χ0) is 23.5. The van der Waals surface area contributed by atoms with Crippen molar-refractivity contribution < 1.29 is 4.79 Å². The summed E-state index contributed by atoms with van der Waals surface area (Å²) in [4.78, 5) is 42.3. The summed E-state index contributed by atoms with van der Waals surface area (Å²) in [5.41, 5.74) is 4.49. The molecule has 0 fully saturated rings. The molecule has 8 heteroatoms. The molecule has 0 atom stereocenters. The van der Waals surface area contributed by atoms with Gasteiger partial charge in [0.25, 0.3) is 5.56 Å². The van der Waals surface area contributed by atoms with Gasteiger partial charge < -0.3 is 5.32 Å². The largest absolute Gasteiger partial charge is 0.331 e. The first kappa shape index (κ1) is 22.0. The number of carbonyl (C=O) groups excluding carboxylic acids is 1. The van der Waals surface area contributed by atoms with Gasteiger partial charge in [-0.3, -0.25) is 18.7 Å². The van der Waals surface area contributed by atoms with E-state index in [1.54, 1.807) is 0 Å². The van der Waals surface area contributed by atoms with Crippen LogP contribution in [0.15, 0.2) is 75.8 Å². The number of amides is 1. The van der Waals surface area contributed by atoms with E-state index in [2.05, 4.69) is 28.5 Å². The molecule has 0 spiro atoms. The first-order valence-corrected chi connectivity index (χ1v) is 12.2. The monoisotopic (exact) mass is 472 g/mol. The SMILES string of the molecule is O=C(Cn1c(=O)ccn(Cc2ccccc2)c1=O)Nc1nc(-c2ccc3c(c2)CCCC3)cs1. The zero-order valence-electron chi connectivity index (χ0n) is 18.6. The lowest BCUT2D eigenvalue weighted by Crippen LogP contribution is -2.41. The second-order valence-corrected chi connectivity index (χ2v) is 9.27. The van der Waals surface area contributed by atoms with Gasteiger partial charge in [-0.2, -0.15) is 0 Å². The summed E-state index contributed by atoms with van der Waals surface area (Å²) in [6.07, 6.45) is 6.12. The fourth-order valence-electron chi connectivity index (χ4n) is 4.26. The molecule has 1 N–H and O–H groups in total. The predicted molar refractivity (Wildman–Crippen MR) is 133 cm³/mol. The van der Waals surface area contributed by atoms with Crippen LogP contribution in [0.4, 0.5) is 5.13 Å². The predicted octanol–water partition coefficient (Wildman–Crippen LogP) is 3.70. The molecule has 2 aromatic heterocycles. The Morgan fingerprint density at radius 3 is 2.62 bits per heavy atom. The van der Waals surface area contributed by atoms with Crippen molar-refractivity contribution in [2.75, 3.05) is 5.32 Å². The van der Waals surface area contributed by atoms with Crippen molar-refractivity contribution in [1.29, 1.82) is 0 Å². The van der Waals surface area contributed by atoms with Gasteiger partial charge in [0.15, 0.2) is 5.13 Å². The lowest BCUT2D eigenvalue weighted by atomic mass is 9.90. The highest BCUT2D eigenvalue weighted by Crippen LogP contribution is 2.29. The Morgan fingerprint density at radius 1 is 1.00 bits per heavy atom. The summed E-state index contributed by atoms with van der Waals surface area (Å²) >= 11 is 1.32. The van der Waals surface area contributed by atoms with E-state index in [-0.39, 0.29) is 6.54 Å². The number of fused-ring (bicyclic) bond motifs is 1. The van der Waals surface area contributed by atoms with Gasteiger partial charge in [-0.1, -0.05) is 42.5 Å². The number of rotatable bonds is 6. The van der Waals surface area contributed by atoms with Gasteiger partial charge in [-0.05, 0) is 48.4 Å². The Morgan fingerprint density at radius 2 is 1.79 bits per heavy atom. The summed E-state index contributed by atoms with van der Waals surface area (Å²) in [6, 6.07) is 17.2. The molecule has 0 saturated carbocycles. The fourth-order valence-corrected chi connectivity index (χ4v) is 5.00. The summed E-state index contributed by atoms with van der Waals surface area (Å²) in [6.45, 7) is -0.0563. The van der Waals surface area contributed by atoms with E-state index in [0.717, 1.165) is 34.2 Å². The summed E-state index contributed by atoms with van der Waals surface area (Å²) in [7, 11) is 0. The molecule has 1 aliphatic rings. The summed E-state index contributed by atoms with van der Waals surface area (Å²) < 4.78 is 2.36. The number of aromatic nitrogens is 3. The average Bonchev–Trinajstić information content (AvgIpc) is 3.32. The lowest BCUT2D eigenvalue weighted by Gasteiger charge is -2.16. The minimum Gasteiger partial charge on any atom is -0.300 e. The van der Waals surface area contributed by atoms with Crippen LogP contribution in [0.1, 0.15) is 29.5 Å². The maximum absolute atomic E-state index is 12.8. The van der Waals surface area contributed by atoms with E-state index in [1.807, 2.05) is 35.7 Å². The second-order valence-electron chi connectivity index (χ2n) is 8.41. The van der Waals surface area contributed by atoms with Crippen LogP contribution in [-0.4, -0.2) is 20.0 Å². The Kier molecular flexibility index (Phi) is 6.22. The van der Waals surface area contributed by atoms with Crippen LogP contribution in [0.3, 0.4) is 0 Å². The van der Waals surface area contributed by atoms with Crippen LogP contribution in [0.5, 0.6) is 0 Å². The highest BCUT2D eigenvalue weighted by Gasteiger charge is 2.14. The Hall–Kier alpha value is -3.78. The number of hydrogen-bond acceptors (Lipinski definition) is 5. The van der Waals surface area contributed by atoms with E-state index in [4.69, 9.17) is 0 Å². The van der Waals surface area contributed by atoms with Crippen LogP contribution >= 0.6 is 11.3 Å². The van der Waals surface area contributed by atoms with Crippen molar-refractivity contribution in [3.63, 3.8) is 0 Å². The maximum atomic E-state index is 12.8. The highest BCUT2D eigenvalue weighted by atomic mass is 32.1. The molecule has 2 heterocycles. The molecule has 4 aromatic rings. The standard InChI is InChI=1S/C26H24N4O3S/c31-23(16-30-24(32)12-13-29(26(30)33)15-18-6-2-1-3-7-18)28-25-27-22(17-34-25)21-11-10-19-8-4-5-9-20(19)14-21/h1-3,6-7,10-14,17H,4-5,8-9,15-16H2,(H,27,28,31). The average molecular weight is 473 g/mol. The lowest BCUT2D eigenvalue weighted by molar-refractivity contribution is -0.116. The molecular formula is C26H24N4O3S. The molecule has 0 radical (unpaired) electrons. The Bertz CT molecular complexity index is 1450. The van der Waals surface area contributed by atoms with E-state index in [0.29, 0.717) is 11.7 Å². The van der Waals surface area contributed by atoms with Gasteiger partial charge in [0.1, 0.15) is 6.54 Å². The van der Waals surface area contributed by atoms with Crippen molar-refractivity contribution in [2.24, 2.45) is 0 Å². The number of carbonyl (C=O) groups is 1. The molecule has 0 saturated heterocycles. The van der Waals surface area contributed by atoms with E-state index >= 15 is 0 Å². The van der Waals surface area contributed by atoms with Crippen LogP contribution < -0.4 is 16.6 Å². The highest BCUT2D eigenvalue weighted by molar-refractivity contribution is 7.14. The normalized spacial score (nSPS) is 12.8. The number of anilines is 1. The Balaban J connectivity index is 1.30. The third-order valence-corrected chi connectivity index (χ3v) is 6.79. The maximum Gasteiger partial charge on any atom is 0.331 e. The van der Waals surface area contributed by atoms with Gasteiger partial charge in [0.2, 0.25) is 5.91 Å². The summed E-state index contributed by atoms with van der Waals surface area (Å²) in [5.74, 6) is -0.469. The van der Waals surface area contributed by atoms with Gasteiger partial charge in [-0.25, -0.2) is 9.78 Å². The molecule has 0 bridgehead atoms. The number of thiazole rings is 1. The van der Waals surface area contributed by atoms with Crippen LogP contribution in [0.25, 0.3) is 11.3 Å². The van der Waals surface area contributed by atoms with Gasteiger partial charge >= 0.3 is 5.69 Å². The number of hydrogen-bond donors (Lipinski definition) is 1. The quantitative estimate of drug-likeness (QED) is 0.464. The van der Waals surface area contributed by atoms with E-state index in [9.17, 15) is 14.4 Å². The number of nitrogens with zero attached hydrogens (tertiary/aromatic N) is 3. The molecule has 34 heavy (non-hydrogen) atoms. The molecule has 172 valence electrons. The smallest absolute Gasteiger partial charge is 0.300 e. The van der Waals surface area contributed by atoms with Crippen molar-refractivity contribution >= 4 is 22.4 Å². The Labute approximate surface area is 200 Å². The van der Waals surface area contributed by atoms with E-state index < -0.39 is 17.2 Å². The van der Waals surface area contributed by atoms with Crippen LogP contribution in [0, 0.1) is 0 Å². The van der Waals surface area contributed by atoms with Crippen molar-refractivity contribution in [1.82, 2.24) is 14.1 Å². The zero-order valence-corrected chi connectivity index (χ0v) is 19.4. The minimum atomic E-state index is -0.527. The topological polar surface area (TPSA) is 86.0 Å². The van der Waals surface area contributed by atoms with Crippen molar-refractivity contribution in [2.45, 2.75) is 38.8 Å². The third kappa shape index (κ3) is 4.77. The molecule has 0 unspecified atom stereocenters. The third-order valence-electron chi connectivity index (χ3n) is 6.03. The number of nitrogens with one attached hydrogen (secondary N) is 1. The minimum absolute atomic E-state index is 0.318. The fraction of sp³-hybridized carbons (Fsp3) is 0.231. The molecule has 1 amide bonds. The molecular weight excluding hydrogens is 448 g/mol. The van der Waals surface area contributed by atoms with Crippen molar-refractivity contribution in [3.8, 4) is 11.3 Å². The molecule has 5 rings (SSSR count). The molecule has 7 nitrogen and oxygen atoms in total.